The van der Waals surface area contributed by atoms with E-state index in [-0.39, 0.29) is 0 Å². The third kappa shape index (κ3) is 35.1. The number of aliphatic carboxylic acids is 1. The molecule has 41 heavy (non-hydrogen) atoms. The van der Waals surface area contributed by atoms with Crippen molar-refractivity contribution in [2.45, 2.75) is 114 Å². The molecule has 0 bridgehead atoms. The summed E-state index contributed by atoms with van der Waals surface area (Å²) in [4.78, 5) is 12.9. The Morgan fingerprint density at radius 1 is 1.24 bits per heavy atom. The van der Waals surface area contributed by atoms with Gasteiger partial charge in [0, 0.05) is 24.6 Å². The van der Waals surface area contributed by atoms with Gasteiger partial charge in [-0.25, -0.2) is 0 Å². The van der Waals surface area contributed by atoms with E-state index in [9.17, 15) is 0 Å². The van der Waals surface area contributed by atoms with Crippen LogP contribution in [-0.2, 0) is 4.79 Å². The average Bonchev–Trinajstić information content (AvgIpc) is 3.22. The van der Waals surface area contributed by atoms with Gasteiger partial charge in [0.2, 0.25) is 0 Å². The SMILES string of the molecule is C/C=C(Cl)\C=C(/CC)C1=CC=C(C(C)CCCC)CCC1.C=CCNC=NC/C=C/C#N.CC.CC(=O)O.CCC. The van der Waals surface area contributed by atoms with Crippen molar-refractivity contribution < 1.29 is 9.90 Å². The third-order valence-electron chi connectivity index (χ3n) is 5.26. The quantitative estimate of drug-likeness (QED) is 0.0591. The van der Waals surface area contributed by atoms with Crippen molar-refractivity contribution in [3.63, 3.8) is 0 Å². The van der Waals surface area contributed by atoms with Gasteiger partial charge in [0.05, 0.1) is 19.0 Å². The average molecular weight is 590 g/mol. The van der Waals surface area contributed by atoms with Crippen LogP contribution in [0.25, 0.3) is 0 Å². The third-order valence-corrected chi connectivity index (χ3v) is 5.59. The Balaban J connectivity index is -0.000000285. The van der Waals surface area contributed by atoms with Crippen LogP contribution in [0.2, 0.25) is 0 Å². The van der Waals surface area contributed by atoms with Gasteiger partial charge in [-0.2, -0.15) is 5.26 Å². The van der Waals surface area contributed by atoms with Crippen LogP contribution in [0.15, 0.2) is 75.9 Å². The molecule has 0 spiro atoms. The first-order valence-electron chi connectivity index (χ1n) is 15.2. The second kappa shape index (κ2) is 37.2. The Morgan fingerprint density at radius 3 is 2.34 bits per heavy atom. The standard InChI is InChI=1S/C20H31Cl.C8H11N3.C3H8.C2H4O2.C2H6/c1-5-8-10-16(4)18-11-9-12-19(14-13-18)17(6-2)15-20(21)7-3;1-2-6-10-8-11-7-4-3-5-9;1-3-2;1-2(3)4;1-2/h7,13-16H,5-6,8-12H2,1-4H3;2-4,8H,1,6-7H2,(H,10,11);3H2,1-2H3;1H3,(H,3,4);1-2H3/b17-15+,20-7+;4-3+;;;. The van der Waals surface area contributed by atoms with Crippen molar-refractivity contribution >= 4 is 23.9 Å². The van der Waals surface area contributed by atoms with Gasteiger partial charge in [-0.1, -0.05) is 115 Å². The van der Waals surface area contributed by atoms with E-state index in [2.05, 4.69) is 69.7 Å². The predicted molar refractivity (Wildman–Crippen MR) is 184 cm³/mol. The highest BCUT2D eigenvalue weighted by Crippen LogP contribution is 2.30. The molecule has 0 saturated carbocycles. The number of rotatable bonds is 12. The van der Waals surface area contributed by atoms with Crippen molar-refractivity contribution in [1.29, 1.82) is 5.26 Å². The van der Waals surface area contributed by atoms with Crippen LogP contribution in [0.5, 0.6) is 0 Å². The normalized spacial score (nSPS) is 13.6. The lowest BCUT2D eigenvalue weighted by molar-refractivity contribution is -0.134. The van der Waals surface area contributed by atoms with Crippen molar-refractivity contribution in [2.75, 3.05) is 13.1 Å². The second-order valence-corrected chi connectivity index (χ2v) is 9.41. The summed E-state index contributed by atoms with van der Waals surface area (Å²) in [5, 5.41) is 19.2. The number of unbranched alkanes of at least 4 members (excludes halogenated alkanes) is 1. The lowest BCUT2D eigenvalue weighted by Gasteiger charge is -2.14. The molecule has 1 aliphatic rings. The molecule has 0 aromatic rings. The van der Waals surface area contributed by atoms with Crippen LogP contribution in [0, 0.1) is 17.2 Å². The fraction of sp³-hybridized carbons (Fsp3) is 0.571. The van der Waals surface area contributed by atoms with E-state index in [0.717, 1.165) is 24.3 Å². The van der Waals surface area contributed by atoms with Crippen molar-refractivity contribution in [3.8, 4) is 6.07 Å². The number of hydrogen-bond acceptors (Lipinski definition) is 3. The highest BCUT2D eigenvalue weighted by Gasteiger charge is 2.12. The molecule has 0 aromatic heterocycles. The molecule has 1 atom stereocenters. The van der Waals surface area contributed by atoms with Crippen LogP contribution in [-0.4, -0.2) is 30.5 Å². The maximum absolute atomic E-state index is 9.00. The highest BCUT2D eigenvalue weighted by atomic mass is 35.5. The number of hydrogen-bond donors (Lipinski definition) is 2. The number of carboxylic acid groups (broad SMARTS) is 1. The van der Waals surface area contributed by atoms with Crippen molar-refractivity contribution in [1.82, 2.24) is 5.32 Å². The van der Waals surface area contributed by atoms with Gasteiger partial charge in [0.1, 0.15) is 0 Å². The number of aliphatic imine (C=N–C) groups is 1. The monoisotopic (exact) mass is 589 g/mol. The summed E-state index contributed by atoms with van der Waals surface area (Å²) in [7, 11) is 0. The molecule has 1 aliphatic carbocycles. The molecule has 2 N–H and O–H groups in total. The summed E-state index contributed by atoms with van der Waals surface area (Å²) in [6.45, 7) is 23.0. The predicted octanol–water partition coefficient (Wildman–Crippen LogP) is 10.7. The molecule has 5 nitrogen and oxygen atoms in total. The lowest BCUT2D eigenvalue weighted by atomic mass is 9.92. The van der Waals surface area contributed by atoms with Gasteiger partial charge < -0.3 is 10.4 Å². The number of nitrogens with one attached hydrogen (secondary N) is 1. The van der Waals surface area contributed by atoms with Crippen LogP contribution in [0.4, 0.5) is 0 Å². The van der Waals surface area contributed by atoms with E-state index >= 15 is 0 Å². The first-order valence-corrected chi connectivity index (χ1v) is 15.5. The van der Waals surface area contributed by atoms with Gasteiger partial charge in [0.25, 0.3) is 5.97 Å². The summed E-state index contributed by atoms with van der Waals surface area (Å²) in [5.41, 5.74) is 4.48. The Labute approximate surface area is 258 Å². The first-order chi connectivity index (χ1) is 19.7. The second-order valence-electron chi connectivity index (χ2n) is 8.98. The number of carbonyl (C=O) groups is 1. The minimum atomic E-state index is -0.833. The summed E-state index contributed by atoms with van der Waals surface area (Å²) in [6.07, 6.45) is 25.2. The number of halogens is 1. The molecular formula is C35H60ClN3O2. The van der Waals surface area contributed by atoms with Crippen molar-refractivity contribution in [3.05, 3.63) is 70.9 Å². The Kier molecular flexibility index (Phi) is 40.9. The zero-order valence-corrected chi connectivity index (χ0v) is 28.4. The van der Waals surface area contributed by atoms with E-state index in [4.69, 9.17) is 26.8 Å². The topological polar surface area (TPSA) is 85.5 Å². The largest absolute Gasteiger partial charge is 0.481 e. The molecule has 0 aromatic carbocycles. The molecule has 0 heterocycles. The van der Waals surface area contributed by atoms with E-state index < -0.39 is 5.97 Å². The molecule has 234 valence electrons. The van der Waals surface area contributed by atoms with Gasteiger partial charge in [0.15, 0.2) is 0 Å². The fourth-order valence-corrected chi connectivity index (χ4v) is 3.45. The molecule has 0 fully saturated rings. The van der Waals surface area contributed by atoms with Gasteiger partial charge in [-0.15, -0.1) is 6.58 Å². The molecule has 1 unspecified atom stereocenters. The number of nitriles is 1. The zero-order chi connectivity index (χ0) is 32.3. The minimum Gasteiger partial charge on any atom is -0.481 e. The molecule has 0 radical (unpaired) electrons. The fourth-order valence-electron chi connectivity index (χ4n) is 3.32. The number of carboxylic acids is 1. The molecule has 0 saturated heterocycles. The van der Waals surface area contributed by atoms with Crippen molar-refractivity contribution in [2.24, 2.45) is 10.9 Å². The Morgan fingerprint density at radius 2 is 1.85 bits per heavy atom. The summed E-state index contributed by atoms with van der Waals surface area (Å²) >= 11 is 6.18. The van der Waals surface area contributed by atoms with Gasteiger partial charge in [-0.3, -0.25) is 9.79 Å². The minimum absolute atomic E-state index is 0.539. The summed E-state index contributed by atoms with van der Waals surface area (Å²) in [6, 6.07) is 1.88. The molecular weight excluding hydrogens is 530 g/mol. The lowest BCUT2D eigenvalue weighted by Crippen LogP contribution is -2.09. The first kappa shape index (κ1) is 45.2. The van der Waals surface area contributed by atoms with Crippen LogP contribution < -0.4 is 5.32 Å². The van der Waals surface area contributed by atoms with Gasteiger partial charge >= 0.3 is 0 Å². The van der Waals surface area contributed by atoms with E-state index in [1.165, 1.54) is 62.2 Å². The van der Waals surface area contributed by atoms with E-state index in [1.54, 1.807) is 24.1 Å². The number of allylic oxidation sites excluding steroid dienone is 9. The maximum atomic E-state index is 9.00. The molecule has 1 rings (SSSR count). The highest BCUT2D eigenvalue weighted by molar-refractivity contribution is 6.31. The van der Waals surface area contributed by atoms with Gasteiger partial charge in [-0.05, 0) is 62.2 Å². The van der Waals surface area contributed by atoms with Crippen LogP contribution in [0.1, 0.15) is 114 Å². The van der Waals surface area contributed by atoms with Crippen LogP contribution in [0.3, 0.4) is 0 Å². The Bertz CT molecular complexity index is 855. The maximum Gasteiger partial charge on any atom is 0.300 e. The van der Waals surface area contributed by atoms with E-state index in [0.29, 0.717) is 13.1 Å². The number of nitrogens with zero attached hydrogens (tertiary/aromatic N) is 2. The summed E-state index contributed by atoms with van der Waals surface area (Å²) < 4.78 is 0. The zero-order valence-electron chi connectivity index (χ0n) is 27.6. The molecule has 0 amide bonds. The smallest absolute Gasteiger partial charge is 0.300 e. The molecule has 0 aliphatic heterocycles. The van der Waals surface area contributed by atoms with Crippen LogP contribution >= 0.6 is 11.6 Å². The molecule has 6 heteroatoms. The van der Waals surface area contributed by atoms with E-state index in [1.807, 2.05) is 32.9 Å². The Hall–Kier alpha value is -2.84. The summed E-state index contributed by atoms with van der Waals surface area (Å²) in [5.74, 6) is -0.103.